The highest BCUT2D eigenvalue weighted by Crippen LogP contribution is 2.55. The van der Waals surface area contributed by atoms with Crippen LogP contribution in [0.15, 0.2) is 30.3 Å². The third-order valence-electron chi connectivity index (χ3n) is 9.09. The molecule has 4 aliphatic heterocycles. The van der Waals surface area contributed by atoms with Gasteiger partial charge in [-0.05, 0) is 17.2 Å². The van der Waals surface area contributed by atoms with E-state index in [1.807, 2.05) is 0 Å². The van der Waals surface area contributed by atoms with Gasteiger partial charge in [-0.2, -0.15) is 5.06 Å². The number of amides is 2. The topological polar surface area (TPSA) is 188 Å². The number of hydroxylamine groups is 2. The number of carbonyl (C=O) groups excluding carboxylic acids is 5. The summed E-state index contributed by atoms with van der Waals surface area (Å²) in [6.07, 6.45) is -1.07. The van der Waals surface area contributed by atoms with E-state index in [1.54, 1.807) is 38.1 Å². The van der Waals surface area contributed by atoms with Crippen molar-refractivity contribution in [2.75, 3.05) is 33.1 Å². The van der Waals surface area contributed by atoms with Crippen molar-refractivity contribution in [3.63, 3.8) is 0 Å². The molecule has 4 heterocycles. The standard InChI is InChI=1S/C31H37N3O12/c1-30(2)15-41-28(39)26(30)45-21(37)8-7-17-5-3-4-6-18(17)14-34-24-27(38)44-19-13-31(24,25(46-34)23-22(19)42-16-43-23)29(40)33-10-9-20(36)32-11-12-35/h3-8,19,22-26,35H,9-16H2,1-2H3,(H,32,36)(H,33,40)/t19-,22-,23-,24-,25+,26-,31-/m0/s1. The summed E-state index contributed by atoms with van der Waals surface area (Å²) in [6, 6.07) is 5.98. The molecule has 0 aromatic heterocycles. The van der Waals surface area contributed by atoms with Gasteiger partial charge in [0.1, 0.15) is 43.2 Å². The fraction of sp³-hybridized carbons (Fsp3) is 0.581. The van der Waals surface area contributed by atoms with Gasteiger partial charge in [0.25, 0.3) is 0 Å². The summed E-state index contributed by atoms with van der Waals surface area (Å²) >= 11 is 0. The molecule has 7 atom stereocenters. The van der Waals surface area contributed by atoms with Gasteiger partial charge in [-0.3, -0.25) is 19.2 Å². The molecule has 1 saturated carbocycles. The highest BCUT2D eigenvalue weighted by molar-refractivity contribution is 5.94. The number of benzene rings is 1. The SMILES string of the molecule is CC1(C)COC(=O)[C@@H]1OC(=O)C=Cc1ccccc1CN1O[C@@H]2[C@H]3OCO[C@H]3[C@@H]3C[C@]2(C(=O)NCCC(=O)NCCO)[C@@H]1C(=O)O3. The number of nitrogens with zero attached hydrogens (tertiary/aromatic N) is 1. The highest BCUT2D eigenvalue weighted by Gasteiger charge is 2.74. The first-order valence-electron chi connectivity index (χ1n) is 15.2. The number of nitrogens with one attached hydrogen (secondary N) is 2. The van der Waals surface area contributed by atoms with E-state index >= 15 is 0 Å². The third-order valence-corrected chi connectivity index (χ3v) is 9.09. The molecule has 5 aliphatic rings. The fourth-order valence-electron chi connectivity index (χ4n) is 6.83. The summed E-state index contributed by atoms with van der Waals surface area (Å²) in [7, 11) is 0. The number of cyclic esters (lactones) is 1. The second kappa shape index (κ2) is 12.7. The van der Waals surface area contributed by atoms with Crippen molar-refractivity contribution in [1.82, 2.24) is 15.7 Å². The van der Waals surface area contributed by atoms with Gasteiger partial charge >= 0.3 is 17.9 Å². The lowest BCUT2D eigenvalue weighted by Gasteiger charge is -2.48. The lowest BCUT2D eigenvalue weighted by atomic mass is 9.62. The van der Waals surface area contributed by atoms with Gasteiger partial charge in [-0.1, -0.05) is 38.1 Å². The molecule has 46 heavy (non-hydrogen) atoms. The lowest BCUT2D eigenvalue weighted by Crippen LogP contribution is -2.69. The normalized spacial score (nSPS) is 32.5. The number of hydrogen-bond acceptors (Lipinski definition) is 13. The largest absolute Gasteiger partial charge is 0.462 e. The predicted octanol–water partition coefficient (Wildman–Crippen LogP) is -0.649. The second-order valence-electron chi connectivity index (χ2n) is 12.6. The molecular formula is C31H37N3O12. The van der Waals surface area contributed by atoms with Crippen LogP contribution >= 0.6 is 0 Å². The number of aliphatic hydroxyl groups is 1. The molecule has 3 N–H and O–H groups in total. The van der Waals surface area contributed by atoms with E-state index in [4.69, 9.17) is 33.6 Å². The summed E-state index contributed by atoms with van der Waals surface area (Å²) in [5, 5.41) is 15.7. The molecule has 15 heteroatoms. The molecule has 0 unspecified atom stereocenters. The molecule has 0 radical (unpaired) electrons. The number of hydrogen-bond donors (Lipinski definition) is 3. The molecule has 15 nitrogen and oxygen atoms in total. The zero-order valence-corrected chi connectivity index (χ0v) is 25.5. The minimum Gasteiger partial charge on any atom is -0.462 e. The number of fused-ring (bicyclic) bond motifs is 4. The average molecular weight is 644 g/mol. The van der Waals surface area contributed by atoms with Gasteiger partial charge in [0.2, 0.25) is 17.9 Å². The molecule has 248 valence electrons. The summed E-state index contributed by atoms with van der Waals surface area (Å²) in [4.78, 5) is 70.7. The molecule has 5 fully saturated rings. The Morgan fingerprint density at radius 1 is 1.09 bits per heavy atom. The predicted molar refractivity (Wildman–Crippen MR) is 154 cm³/mol. The maximum atomic E-state index is 14.0. The number of esters is 3. The van der Waals surface area contributed by atoms with Crippen molar-refractivity contribution in [3.05, 3.63) is 41.5 Å². The van der Waals surface area contributed by atoms with E-state index in [9.17, 15) is 24.0 Å². The number of ether oxygens (including phenoxy) is 5. The van der Waals surface area contributed by atoms with Gasteiger partial charge in [-0.15, -0.1) is 0 Å². The van der Waals surface area contributed by atoms with Crippen LogP contribution in [0.3, 0.4) is 0 Å². The first kappa shape index (κ1) is 32.1. The maximum absolute atomic E-state index is 14.0. The van der Waals surface area contributed by atoms with E-state index in [1.165, 1.54) is 17.2 Å². The Balaban J connectivity index is 1.22. The van der Waals surface area contributed by atoms with Gasteiger partial charge in [0.15, 0.2) is 6.04 Å². The summed E-state index contributed by atoms with van der Waals surface area (Å²) < 4.78 is 27.8. The van der Waals surface area contributed by atoms with Crippen LogP contribution in [-0.4, -0.2) is 110 Å². The Morgan fingerprint density at radius 3 is 2.63 bits per heavy atom. The first-order chi connectivity index (χ1) is 22.0. The Hall–Kier alpha value is -3.89. The van der Waals surface area contributed by atoms with Crippen molar-refractivity contribution in [2.24, 2.45) is 10.8 Å². The molecule has 4 saturated heterocycles. The lowest BCUT2D eigenvalue weighted by molar-refractivity contribution is -0.201. The zero-order valence-electron chi connectivity index (χ0n) is 25.5. The van der Waals surface area contributed by atoms with Gasteiger partial charge in [-0.25, -0.2) is 9.59 Å². The van der Waals surface area contributed by atoms with E-state index in [2.05, 4.69) is 10.6 Å². The Bertz CT molecular complexity index is 1430. The van der Waals surface area contributed by atoms with Crippen molar-refractivity contribution < 1.29 is 57.6 Å². The molecule has 2 amide bonds. The average Bonchev–Trinajstić information content (AvgIpc) is 3.72. The molecular weight excluding hydrogens is 606 g/mol. The van der Waals surface area contributed by atoms with Crippen LogP contribution in [0, 0.1) is 10.8 Å². The van der Waals surface area contributed by atoms with Crippen LogP contribution in [0.4, 0.5) is 0 Å². The number of carbonyl (C=O) groups is 5. The number of aliphatic hydroxyl groups excluding tert-OH is 1. The van der Waals surface area contributed by atoms with Crippen molar-refractivity contribution >= 4 is 35.8 Å². The van der Waals surface area contributed by atoms with E-state index in [0.29, 0.717) is 11.1 Å². The van der Waals surface area contributed by atoms with Crippen molar-refractivity contribution in [3.8, 4) is 0 Å². The van der Waals surface area contributed by atoms with Crippen molar-refractivity contribution in [1.29, 1.82) is 0 Å². The summed E-state index contributed by atoms with van der Waals surface area (Å²) in [5.41, 5.74) is -0.776. The second-order valence-corrected chi connectivity index (χ2v) is 12.6. The Labute approximate surface area is 264 Å². The van der Waals surface area contributed by atoms with Gasteiger partial charge in [0.05, 0.1) is 13.2 Å². The molecule has 1 aliphatic carbocycles. The van der Waals surface area contributed by atoms with Crippen LogP contribution in [0.25, 0.3) is 6.08 Å². The summed E-state index contributed by atoms with van der Waals surface area (Å²) in [5.74, 6) is -2.78. The Morgan fingerprint density at radius 2 is 1.87 bits per heavy atom. The van der Waals surface area contributed by atoms with E-state index in [0.717, 1.165) is 0 Å². The molecule has 0 spiro atoms. The maximum Gasteiger partial charge on any atom is 0.348 e. The van der Waals surface area contributed by atoms with Crippen LogP contribution in [0.2, 0.25) is 0 Å². The molecule has 1 aromatic rings. The van der Waals surface area contributed by atoms with Gasteiger partial charge < -0.3 is 39.4 Å². The monoisotopic (exact) mass is 643 g/mol. The van der Waals surface area contributed by atoms with E-state index in [-0.39, 0.29) is 58.4 Å². The number of rotatable bonds is 11. The minimum atomic E-state index is -1.40. The zero-order chi connectivity index (χ0) is 32.6. The molecule has 6 rings (SSSR count). The van der Waals surface area contributed by atoms with Crippen LogP contribution in [0.5, 0.6) is 0 Å². The van der Waals surface area contributed by atoms with Crippen molar-refractivity contribution in [2.45, 2.75) is 69.8 Å². The van der Waals surface area contributed by atoms with Gasteiger partial charge in [0, 0.05) is 37.4 Å². The molecule has 2 bridgehead atoms. The summed E-state index contributed by atoms with van der Waals surface area (Å²) in [6.45, 7) is 3.58. The minimum absolute atomic E-state index is 0.00193. The van der Waals surface area contributed by atoms with Crippen LogP contribution in [0.1, 0.15) is 37.8 Å². The fourth-order valence-corrected chi connectivity index (χ4v) is 6.83. The quantitative estimate of drug-likeness (QED) is 0.157. The first-order valence-corrected chi connectivity index (χ1v) is 15.2. The third kappa shape index (κ3) is 5.77. The Kier molecular flexibility index (Phi) is 8.87. The van der Waals surface area contributed by atoms with Crippen LogP contribution < -0.4 is 10.6 Å². The molecule has 1 aromatic carbocycles. The highest BCUT2D eigenvalue weighted by atomic mass is 16.8. The van der Waals surface area contributed by atoms with E-state index < -0.39 is 71.2 Å². The smallest absolute Gasteiger partial charge is 0.348 e. The van der Waals surface area contributed by atoms with Crippen LogP contribution in [-0.2, 0) is 59.0 Å².